The standard InChI is InChI=1S/C18H26N2O/c1-12-6-5-7-15-16(12)19-17(21)20(15)14-10-8-13(9-11-14)18(2,3)4/h5-7,13-14H,8-11H2,1-4H3,(H,19,21). The predicted molar refractivity (Wildman–Crippen MR) is 87.7 cm³/mol. The summed E-state index contributed by atoms with van der Waals surface area (Å²) in [5.41, 5.74) is 3.65. The van der Waals surface area contributed by atoms with Gasteiger partial charge in [-0.1, -0.05) is 32.9 Å². The highest BCUT2D eigenvalue weighted by Crippen LogP contribution is 2.41. The van der Waals surface area contributed by atoms with E-state index in [-0.39, 0.29) is 5.69 Å². The number of benzene rings is 1. The molecule has 3 nitrogen and oxygen atoms in total. The van der Waals surface area contributed by atoms with Crippen molar-refractivity contribution in [3.63, 3.8) is 0 Å². The smallest absolute Gasteiger partial charge is 0.305 e. The molecule has 21 heavy (non-hydrogen) atoms. The summed E-state index contributed by atoms with van der Waals surface area (Å²) < 4.78 is 2.00. The molecule has 3 rings (SSSR count). The van der Waals surface area contributed by atoms with Gasteiger partial charge in [-0.3, -0.25) is 4.57 Å². The summed E-state index contributed by atoms with van der Waals surface area (Å²) in [4.78, 5) is 15.4. The van der Waals surface area contributed by atoms with Crippen LogP contribution in [0.1, 0.15) is 58.1 Å². The van der Waals surface area contributed by atoms with Crippen LogP contribution in [-0.4, -0.2) is 9.55 Å². The number of imidazole rings is 1. The van der Waals surface area contributed by atoms with Gasteiger partial charge in [-0.05, 0) is 55.6 Å². The van der Waals surface area contributed by atoms with Crippen molar-refractivity contribution >= 4 is 11.0 Å². The Hall–Kier alpha value is -1.51. The van der Waals surface area contributed by atoms with E-state index >= 15 is 0 Å². The van der Waals surface area contributed by atoms with E-state index < -0.39 is 0 Å². The normalized spacial score (nSPS) is 23.6. The zero-order valence-corrected chi connectivity index (χ0v) is 13.6. The first-order valence-electron chi connectivity index (χ1n) is 8.08. The van der Waals surface area contributed by atoms with Crippen molar-refractivity contribution in [1.82, 2.24) is 9.55 Å². The summed E-state index contributed by atoms with van der Waals surface area (Å²) in [6, 6.07) is 6.52. The van der Waals surface area contributed by atoms with Crippen molar-refractivity contribution in [2.24, 2.45) is 11.3 Å². The summed E-state index contributed by atoms with van der Waals surface area (Å²) in [7, 11) is 0. The molecule has 1 fully saturated rings. The summed E-state index contributed by atoms with van der Waals surface area (Å²) in [5.74, 6) is 0.774. The van der Waals surface area contributed by atoms with Gasteiger partial charge < -0.3 is 4.98 Å². The van der Waals surface area contributed by atoms with E-state index in [0.29, 0.717) is 11.5 Å². The molecule has 1 heterocycles. The number of aromatic nitrogens is 2. The van der Waals surface area contributed by atoms with Gasteiger partial charge in [0.2, 0.25) is 0 Å². The van der Waals surface area contributed by atoms with Gasteiger partial charge in [0.05, 0.1) is 11.0 Å². The van der Waals surface area contributed by atoms with Crippen LogP contribution in [-0.2, 0) is 0 Å². The largest absolute Gasteiger partial charge is 0.326 e. The van der Waals surface area contributed by atoms with Gasteiger partial charge in [-0.25, -0.2) is 4.79 Å². The van der Waals surface area contributed by atoms with E-state index in [1.54, 1.807) is 0 Å². The lowest BCUT2D eigenvalue weighted by atomic mass is 9.71. The van der Waals surface area contributed by atoms with Gasteiger partial charge in [-0.2, -0.15) is 0 Å². The van der Waals surface area contributed by atoms with Gasteiger partial charge in [0.1, 0.15) is 0 Å². The Morgan fingerprint density at radius 1 is 1.14 bits per heavy atom. The third-order valence-corrected chi connectivity index (χ3v) is 5.25. The fourth-order valence-corrected chi connectivity index (χ4v) is 3.85. The van der Waals surface area contributed by atoms with Crippen LogP contribution in [0.25, 0.3) is 11.0 Å². The van der Waals surface area contributed by atoms with Crippen LogP contribution in [0.4, 0.5) is 0 Å². The van der Waals surface area contributed by atoms with Gasteiger partial charge >= 0.3 is 5.69 Å². The lowest BCUT2D eigenvalue weighted by molar-refractivity contribution is 0.152. The third-order valence-electron chi connectivity index (χ3n) is 5.25. The van der Waals surface area contributed by atoms with Crippen molar-refractivity contribution in [3.8, 4) is 0 Å². The average Bonchev–Trinajstić information content (AvgIpc) is 2.76. The number of rotatable bonds is 1. The monoisotopic (exact) mass is 286 g/mol. The highest BCUT2D eigenvalue weighted by Gasteiger charge is 2.31. The van der Waals surface area contributed by atoms with Crippen molar-refractivity contribution in [1.29, 1.82) is 0 Å². The summed E-state index contributed by atoms with van der Waals surface area (Å²) in [6.07, 6.45) is 4.67. The summed E-state index contributed by atoms with van der Waals surface area (Å²) in [6.45, 7) is 9.05. The van der Waals surface area contributed by atoms with Crippen LogP contribution in [0.5, 0.6) is 0 Å². The maximum atomic E-state index is 12.4. The first-order chi connectivity index (χ1) is 9.88. The molecule has 0 saturated heterocycles. The molecule has 1 saturated carbocycles. The Kier molecular flexibility index (Phi) is 3.46. The van der Waals surface area contributed by atoms with E-state index in [1.165, 1.54) is 12.8 Å². The Labute approximate surface area is 126 Å². The minimum atomic E-state index is 0.0542. The molecule has 0 unspecified atom stereocenters. The molecule has 1 aromatic heterocycles. The van der Waals surface area contributed by atoms with E-state index in [2.05, 4.69) is 44.8 Å². The average molecular weight is 286 g/mol. The number of aromatic amines is 1. The number of hydrogen-bond donors (Lipinski definition) is 1. The van der Waals surface area contributed by atoms with E-state index in [4.69, 9.17) is 0 Å². The fourth-order valence-electron chi connectivity index (χ4n) is 3.85. The maximum absolute atomic E-state index is 12.4. The topological polar surface area (TPSA) is 37.8 Å². The minimum Gasteiger partial charge on any atom is -0.305 e. The van der Waals surface area contributed by atoms with Crippen LogP contribution in [0.2, 0.25) is 0 Å². The highest BCUT2D eigenvalue weighted by molar-refractivity contribution is 5.78. The number of hydrogen-bond acceptors (Lipinski definition) is 1. The molecule has 1 aliphatic carbocycles. The Balaban J connectivity index is 1.91. The van der Waals surface area contributed by atoms with Crippen LogP contribution in [0.15, 0.2) is 23.0 Å². The van der Waals surface area contributed by atoms with E-state index in [9.17, 15) is 4.79 Å². The van der Waals surface area contributed by atoms with E-state index in [0.717, 1.165) is 35.4 Å². The molecule has 2 aromatic rings. The second kappa shape index (κ2) is 5.04. The van der Waals surface area contributed by atoms with Crippen LogP contribution >= 0.6 is 0 Å². The number of H-pyrrole nitrogens is 1. The van der Waals surface area contributed by atoms with Gasteiger partial charge in [0.15, 0.2) is 0 Å². The van der Waals surface area contributed by atoms with Crippen LogP contribution < -0.4 is 5.69 Å². The van der Waals surface area contributed by atoms with Gasteiger partial charge in [-0.15, -0.1) is 0 Å². The molecular formula is C18H26N2O. The van der Waals surface area contributed by atoms with Gasteiger partial charge in [0, 0.05) is 6.04 Å². The van der Waals surface area contributed by atoms with Crippen LogP contribution in [0.3, 0.4) is 0 Å². The fraction of sp³-hybridized carbons (Fsp3) is 0.611. The van der Waals surface area contributed by atoms with Crippen molar-refractivity contribution in [2.45, 2.75) is 59.4 Å². The van der Waals surface area contributed by atoms with Crippen molar-refractivity contribution in [2.75, 3.05) is 0 Å². The number of fused-ring (bicyclic) bond motifs is 1. The molecule has 0 amide bonds. The molecule has 0 spiro atoms. The quantitative estimate of drug-likeness (QED) is 0.828. The van der Waals surface area contributed by atoms with Crippen molar-refractivity contribution < 1.29 is 0 Å². The number of aryl methyl sites for hydroxylation is 1. The lowest BCUT2D eigenvalue weighted by Gasteiger charge is -2.37. The molecule has 1 aliphatic rings. The Bertz CT molecular complexity index is 694. The van der Waals surface area contributed by atoms with E-state index in [1.807, 2.05) is 10.6 Å². The molecule has 0 radical (unpaired) electrons. The molecule has 1 N–H and O–H groups in total. The summed E-state index contributed by atoms with van der Waals surface area (Å²) >= 11 is 0. The number of para-hydroxylation sites is 1. The Morgan fingerprint density at radius 2 is 1.81 bits per heavy atom. The second-order valence-corrected chi connectivity index (χ2v) is 7.64. The lowest BCUT2D eigenvalue weighted by Crippen LogP contribution is -2.30. The van der Waals surface area contributed by atoms with Gasteiger partial charge in [0.25, 0.3) is 0 Å². The second-order valence-electron chi connectivity index (χ2n) is 7.64. The molecular weight excluding hydrogens is 260 g/mol. The zero-order chi connectivity index (χ0) is 15.2. The number of nitrogens with zero attached hydrogens (tertiary/aromatic N) is 1. The summed E-state index contributed by atoms with van der Waals surface area (Å²) in [5, 5.41) is 0. The molecule has 0 bridgehead atoms. The Morgan fingerprint density at radius 3 is 2.43 bits per heavy atom. The zero-order valence-electron chi connectivity index (χ0n) is 13.6. The van der Waals surface area contributed by atoms with Crippen LogP contribution in [0, 0.1) is 18.3 Å². The number of nitrogens with one attached hydrogen (secondary N) is 1. The molecule has 0 atom stereocenters. The first kappa shape index (κ1) is 14.4. The predicted octanol–water partition coefficient (Wildman–Crippen LogP) is 4.42. The molecule has 114 valence electrons. The SMILES string of the molecule is Cc1cccc2c1[nH]c(=O)n2C1CCC(C(C)(C)C)CC1. The molecule has 1 aromatic carbocycles. The highest BCUT2D eigenvalue weighted by atomic mass is 16.1. The third kappa shape index (κ3) is 2.54. The minimum absolute atomic E-state index is 0.0542. The maximum Gasteiger partial charge on any atom is 0.326 e. The molecule has 0 aliphatic heterocycles. The van der Waals surface area contributed by atoms with Crippen molar-refractivity contribution in [3.05, 3.63) is 34.2 Å². The molecule has 3 heteroatoms. The first-order valence-corrected chi connectivity index (χ1v) is 8.08.